The number of carbonyl (C=O) groups excluding carboxylic acids is 3. The highest BCUT2D eigenvalue weighted by atomic mass is 32.1. The number of aromatic carboxylic acids is 1. The number of thiophene rings is 1. The van der Waals surface area contributed by atoms with Crippen molar-refractivity contribution in [3.05, 3.63) is 56.9 Å². The third-order valence-electron chi connectivity index (χ3n) is 7.87. The minimum absolute atomic E-state index is 0.00811. The Hall–Kier alpha value is -4.12. The van der Waals surface area contributed by atoms with Crippen molar-refractivity contribution in [3.63, 3.8) is 0 Å². The fourth-order valence-corrected chi connectivity index (χ4v) is 7.09. The normalized spacial score (nSPS) is 22.0. The van der Waals surface area contributed by atoms with Crippen LogP contribution in [-0.2, 0) is 20.7 Å². The van der Waals surface area contributed by atoms with Crippen molar-refractivity contribution in [2.75, 3.05) is 25.6 Å². The smallest absolute Gasteiger partial charge is 0.345 e. The number of anilines is 1. The van der Waals surface area contributed by atoms with Gasteiger partial charge in [0.1, 0.15) is 27.7 Å². The summed E-state index contributed by atoms with van der Waals surface area (Å²) in [6.45, 7) is 2.13. The number of aromatic hydroxyl groups is 1. The van der Waals surface area contributed by atoms with Crippen molar-refractivity contribution in [2.45, 2.75) is 32.6 Å². The summed E-state index contributed by atoms with van der Waals surface area (Å²) >= 11 is 0.992. The minimum Gasteiger partial charge on any atom is -0.511 e. The second-order valence-corrected chi connectivity index (χ2v) is 11.7. The molecule has 5 rings (SSSR count). The number of allylic oxidation sites excluding steroid dienone is 1. The van der Waals surface area contributed by atoms with Gasteiger partial charge in [-0.15, -0.1) is 11.3 Å². The average Bonchev–Trinajstić information content (AvgIpc) is 3.36. The molecular formula is C29H30N2O8S. The van der Waals surface area contributed by atoms with Crippen molar-refractivity contribution in [3.8, 4) is 16.2 Å². The molecule has 3 atom stereocenters. The first-order chi connectivity index (χ1) is 19.0. The standard InChI is InChI=1S/C29H30N2O8S/c1-4-7-39-27-20-12(8-13-10-17(32)23(28(30)36)26(35)21(13)27)9-14-16(31(2)3)11-15(24(33)22(14)25(20)34)18-5-6-19(40-18)29(37)38/h5-6,11-13,21,33,35H,4,7-10H2,1-3H3,(H2,30,36)(H,37,38). The number of primary amides is 1. The van der Waals surface area contributed by atoms with E-state index in [1.165, 1.54) is 6.07 Å². The van der Waals surface area contributed by atoms with Crippen LogP contribution < -0.4 is 10.6 Å². The van der Waals surface area contributed by atoms with Crippen molar-refractivity contribution in [2.24, 2.45) is 23.5 Å². The molecule has 3 aliphatic carbocycles. The van der Waals surface area contributed by atoms with E-state index >= 15 is 0 Å². The van der Waals surface area contributed by atoms with Gasteiger partial charge in [0, 0.05) is 42.2 Å². The number of aliphatic hydroxyl groups excluding tert-OH is 1. The number of phenolic OH excluding ortho intramolecular Hbond substituents is 1. The second-order valence-electron chi connectivity index (χ2n) is 10.6. The van der Waals surface area contributed by atoms with Gasteiger partial charge in [-0.2, -0.15) is 0 Å². The number of hydrogen-bond acceptors (Lipinski definition) is 9. The third-order valence-corrected chi connectivity index (χ3v) is 8.98. The number of phenols is 1. The summed E-state index contributed by atoms with van der Waals surface area (Å²) in [6.07, 6.45) is 1.38. The maximum absolute atomic E-state index is 14.3. The number of fused-ring (bicyclic) bond motifs is 3. The van der Waals surface area contributed by atoms with E-state index in [0.717, 1.165) is 11.3 Å². The Bertz CT molecular complexity index is 1530. The SMILES string of the molecule is CCCOC1=C2C(=O)c3c(O)c(-c4ccc(C(=O)O)s4)cc(N(C)C)c3CC2CC2CC(=O)C(C(N)=O)=C(O)C12. The van der Waals surface area contributed by atoms with E-state index in [1.54, 1.807) is 12.1 Å². The van der Waals surface area contributed by atoms with Crippen LogP contribution in [0.4, 0.5) is 5.69 Å². The summed E-state index contributed by atoms with van der Waals surface area (Å²) in [6, 6.07) is 4.80. The molecule has 0 radical (unpaired) electrons. The Kier molecular flexibility index (Phi) is 6.95. The van der Waals surface area contributed by atoms with E-state index in [-0.39, 0.29) is 46.8 Å². The number of Topliss-reactive ketones (excluding diaryl/α,β-unsaturated/α-hetero) is 2. The molecule has 2 aromatic rings. The Balaban J connectivity index is 1.74. The number of nitrogens with two attached hydrogens (primary N) is 1. The fourth-order valence-electron chi connectivity index (χ4n) is 6.23. The highest BCUT2D eigenvalue weighted by Crippen LogP contribution is 2.53. The topological polar surface area (TPSA) is 167 Å². The Morgan fingerprint density at radius 2 is 1.90 bits per heavy atom. The average molecular weight is 567 g/mol. The molecule has 0 fully saturated rings. The Labute approximate surface area is 234 Å². The predicted octanol–water partition coefficient (Wildman–Crippen LogP) is 3.83. The van der Waals surface area contributed by atoms with Crippen LogP contribution in [-0.4, -0.2) is 59.5 Å². The number of aliphatic hydroxyl groups is 1. The van der Waals surface area contributed by atoms with Gasteiger partial charge in [0.05, 0.1) is 18.1 Å². The first-order valence-corrected chi connectivity index (χ1v) is 13.8. The fraction of sp³-hybridized carbons (Fsp3) is 0.379. The number of carboxylic acid groups (broad SMARTS) is 1. The van der Waals surface area contributed by atoms with Gasteiger partial charge < -0.3 is 30.7 Å². The number of hydrogen-bond donors (Lipinski definition) is 4. The number of ketones is 2. The maximum atomic E-state index is 14.3. The molecule has 5 N–H and O–H groups in total. The largest absolute Gasteiger partial charge is 0.511 e. The first kappa shape index (κ1) is 27.4. The summed E-state index contributed by atoms with van der Waals surface area (Å²) in [5.74, 6) is -5.24. The van der Waals surface area contributed by atoms with Crippen LogP contribution >= 0.6 is 11.3 Å². The highest BCUT2D eigenvalue weighted by Gasteiger charge is 2.50. The van der Waals surface area contributed by atoms with E-state index in [4.69, 9.17) is 10.5 Å². The van der Waals surface area contributed by atoms with Crippen LogP contribution in [0.25, 0.3) is 10.4 Å². The van der Waals surface area contributed by atoms with Gasteiger partial charge in [0.2, 0.25) is 0 Å². The predicted molar refractivity (Wildman–Crippen MR) is 148 cm³/mol. The minimum atomic E-state index is -1.09. The van der Waals surface area contributed by atoms with E-state index in [9.17, 15) is 34.5 Å². The molecule has 3 aliphatic rings. The molecule has 1 heterocycles. The van der Waals surface area contributed by atoms with Crippen molar-refractivity contribution in [1.29, 1.82) is 0 Å². The van der Waals surface area contributed by atoms with Crippen LogP contribution in [0.5, 0.6) is 5.75 Å². The van der Waals surface area contributed by atoms with Crippen LogP contribution in [0.15, 0.2) is 40.9 Å². The van der Waals surface area contributed by atoms with Crippen LogP contribution in [0, 0.1) is 17.8 Å². The molecule has 0 saturated carbocycles. The van der Waals surface area contributed by atoms with Gasteiger partial charge in [0.25, 0.3) is 5.91 Å². The van der Waals surface area contributed by atoms with E-state index in [0.29, 0.717) is 46.5 Å². The summed E-state index contributed by atoms with van der Waals surface area (Å²) < 4.78 is 6.10. The lowest BCUT2D eigenvalue weighted by molar-refractivity contribution is -0.123. The molecule has 0 spiro atoms. The van der Waals surface area contributed by atoms with Crippen molar-refractivity contribution < 1.29 is 39.2 Å². The lowest BCUT2D eigenvalue weighted by Gasteiger charge is -2.43. The number of benzene rings is 1. The molecule has 40 heavy (non-hydrogen) atoms. The monoisotopic (exact) mass is 566 g/mol. The quantitative estimate of drug-likeness (QED) is 0.364. The van der Waals surface area contributed by atoms with Gasteiger partial charge in [0.15, 0.2) is 11.6 Å². The van der Waals surface area contributed by atoms with Gasteiger partial charge in [-0.05, 0) is 54.9 Å². The molecule has 0 aliphatic heterocycles. The molecule has 3 unspecified atom stereocenters. The van der Waals surface area contributed by atoms with Crippen molar-refractivity contribution >= 4 is 40.5 Å². The van der Waals surface area contributed by atoms with Crippen LogP contribution in [0.3, 0.4) is 0 Å². The second kappa shape index (κ2) is 10.1. The zero-order chi connectivity index (χ0) is 29.0. The number of amides is 1. The van der Waals surface area contributed by atoms with Gasteiger partial charge >= 0.3 is 5.97 Å². The Morgan fingerprint density at radius 1 is 1.18 bits per heavy atom. The highest BCUT2D eigenvalue weighted by molar-refractivity contribution is 7.17. The summed E-state index contributed by atoms with van der Waals surface area (Å²) in [5.41, 5.74) is 7.04. The lowest BCUT2D eigenvalue weighted by atomic mass is 9.62. The number of ether oxygens (including phenoxy) is 1. The molecule has 0 bridgehead atoms. The Morgan fingerprint density at radius 3 is 2.50 bits per heavy atom. The summed E-state index contributed by atoms with van der Waals surface area (Å²) in [4.78, 5) is 53.0. The van der Waals surface area contributed by atoms with Crippen LogP contribution in [0.2, 0.25) is 0 Å². The van der Waals surface area contributed by atoms with E-state index in [1.807, 2.05) is 25.9 Å². The maximum Gasteiger partial charge on any atom is 0.345 e. The number of carboxylic acids is 1. The molecule has 10 nitrogen and oxygen atoms in total. The zero-order valence-electron chi connectivity index (χ0n) is 22.3. The molecular weight excluding hydrogens is 536 g/mol. The van der Waals surface area contributed by atoms with E-state index < -0.39 is 40.7 Å². The lowest BCUT2D eigenvalue weighted by Crippen LogP contribution is -2.42. The summed E-state index contributed by atoms with van der Waals surface area (Å²) in [7, 11) is 3.65. The number of rotatable bonds is 7. The number of nitrogens with zero attached hydrogens (tertiary/aromatic N) is 1. The molecule has 1 amide bonds. The third kappa shape index (κ3) is 4.25. The number of carbonyl (C=O) groups is 4. The van der Waals surface area contributed by atoms with Crippen LogP contribution in [0.1, 0.15) is 51.8 Å². The van der Waals surface area contributed by atoms with E-state index in [2.05, 4.69) is 0 Å². The zero-order valence-corrected chi connectivity index (χ0v) is 23.1. The first-order valence-electron chi connectivity index (χ1n) is 13.0. The molecule has 0 saturated heterocycles. The van der Waals surface area contributed by atoms with Gasteiger partial charge in [-0.25, -0.2) is 4.79 Å². The molecule has 11 heteroatoms. The summed E-state index contributed by atoms with van der Waals surface area (Å²) in [5, 5.41) is 32.0. The van der Waals surface area contributed by atoms with Gasteiger partial charge in [-0.3, -0.25) is 14.4 Å². The molecule has 210 valence electrons. The molecule has 1 aromatic carbocycles. The molecule has 1 aromatic heterocycles. The van der Waals surface area contributed by atoms with Crippen molar-refractivity contribution in [1.82, 2.24) is 0 Å². The van der Waals surface area contributed by atoms with Gasteiger partial charge in [-0.1, -0.05) is 6.92 Å².